The smallest absolute Gasteiger partial charge is 0.354 e. The molecule has 0 bridgehead atoms. The maximum Gasteiger partial charge on any atom is 0.354 e. The van der Waals surface area contributed by atoms with Crippen LogP contribution < -0.4 is 4.90 Å². The topological polar surface area (TPSA) is 117 Å². The van der Waals surface area contributed by atoms with Crippen LogP contribution in [-0.2, 0) is 0 Å². The van der Waals surface area contributed by atoms with Gasteiger partial charge in [-0.3, -0.25) is 10.1 Å². The third-order valence-corrected chi connectivity index (χ3v) is 2.97. The molecule has 1 aromatic heterocycles. The molecule has 0 aromatic carbocycles. The second-order valence-corrected chi connectivity index (χ2v) is 4.34. The van der Waals surface area contributed by atoms with Gasteiger partial charge in [-0.05, 0) is 18.9 Å². The lowest BCUT2D eigenvalue weighted by Crippen LogP contribution is -2.39. The molecule has 0 radical (unpaired) electrons. The zero-order valence-corrected chi connectivity index (χ0v) is 10.0. The van der Waals surface area contributed by atoms with Crippen LogP contribution in [0.2, 0.25) is 0 Å². The van der Waals surface area contributed by atoms with Crippen molar-refractivity contribution in [1.29, 1.82) is 0 Å². The van der Waals surface area contributed by atoms with Gasteiger partial charge in [-0.15, -0.1) is 0 Å². The Hall–Kier alpha value is -2.22. The highest BCUT2D eigenvalue weighted by Gasteiger charge is 2.27. The molecule has 2 heterocycles. The van der Waals surface area contributed by atoms with Crippen molar-refractivity contribution in [1.82, 2.24) is 4.98 Å². The van der Waals surface area contributed by atoms with Crippen molar-refractivity contribution < 1.29 is 19.9 Å². The van der Waals surface area contributed by atoms with Gasteiger partial charge in [0.1, 0.15) is 0 Å². The number of hydrogen-bond acceptors (Lipinski definition) is 6. The summed E-state index contributed by atoms with van der Waals surface area (Å²) in [5.41, 5.74) is -0.500. The van der Waals surface area contributed by atoms with Crippen LogP contribution in [0.3, 0.4) is 0 Å². The molecule has 1 aliphatic rings. The molecule has 1 unspecified atom stereocenters. The number of nitro groups is 1. The Labute approximate surface area is 108 Å². The van der Waals surface area contributed by atoms with Gasteiger partial charge in [0.2, 0.25) is 5.82 Å². The normalized spacial score (nSPS) is 19.2. The van der Waals surface area contributed by atoms with Gasteiger partial charge < -0.3 is 15.1 Å². The molecule has 0 amide bonds. The molecule has 1 saturated heterocycles. The summed E-state index contributed by atoms with van der Waals surface area (Å²) in [5.74, 6) is -1.24. The molecule has 102 valence electrons. The monoisotopic (exact) mass is 267 g/mol. The molecule has 0 spiro atoms. The highest BCUT2D eigenvalue weighted by atomic mass is 16.6. The zero-order valence-electron chi connectivity index (χ0n) is 10.0. The van der Waals surface area contributed by atoms with Crippen molar-refractivity contribution in [3.05, 3.63) is 27.9 Å². The highest BCUT2D eigenvalue weighted by Crippen LogP contribution is 2.28. The average molecular weight is 267 g/mol. The van der Waals surface area contributed by atoms with E-state index >= 15 is 0 Å². The summed E-state index contributed by atoms with van der Waals surface area (Å²) < 4.78 is 0. The lowest BCUT2D eigenvalue weighted by molar-refractivity contribution is -0.384. The first-order chi connectivity index (χ1) is 8.99. The average Bonchev–Trinajstić information content (AvgIpc) is 2.37. The first kappa shape index (κ1) is 13.2. The van der Waals surface area contributed by atoms with E-state index in [2.05, 4.69) is 4.98 Å². The van der Waals surface area contributed by atoms with Crippen LogP contribution in [0, 0.1) is 10.1 Å². The fraction of sp³-hybridized carbons (Fsp3) is 0.455. The molecule has 8 heteroatoms. The predicted molar refractivity (Wildman–Crippen MR) is 65.3 cm³/mol. The van der Waals surface area contributed by atoms with Gasteiger partial charge in [0.05, 0.1) is 11.0 Å². The van der Waals surface area contributed by atoms with Crippen LogP contribution in [0.25, 0.3) is 0 Å². The Bertz CT molecular complexity index is 519. The molecule has 8 nitrogen and oxygen atoms in total. The number of carboxylic acid groups (broad SMARTS) is 1. The molecular weight excluding hydrogens is 254 g/mol. The number of aromatic carboxylic acids is 1. The lowest BCUT2D eigenvalue weighted by atomic mass is 10.1. The zero-order chi connectivity index (χ0) is 14.0. The number of nitrogens with zero attached hydrogens (tertiary/aromatic N) is 3. The number of carbonyl (C=O) groups is 1. The van der Waals surface area contributed by atoms with Crippen molar-refractivity contribution in [2.75, 3.05) is 18.0 Å². The fourth-order valence-electron chi connectivity index (χ4n) is 2.08. The molecular formula is C11H13N3O5. The van der Waals surface area contributed by atoms with Crippen LogP contribution >= 0.6 is 0 Å². The van der Waals surface area contributed by atoms with E-state index in [1.807, 2.05) is 0 Å². The van der Waals surface area contributed by atoms with Gasteiger partial charge in [0.15, 0.2) is 5.69 Å². The summed E-state index contributed by atoms with van der Waals surface area (Å²) in [6, 6.07) is 2.23. The SMILES string of the molecule is O=C(O)c1ccc([N+](=O)[O-])c(N2CCCC(O)C2)n1. The third kappa shape index (κ3) is 2.79. The maximum absolute atomic E-state index is 11.0. The number of aromatic nitrogens is 1. The quantitative estimate of drug-likeness (QED) is 0.609. The summed E-state index contributed by atoms with van der Waals surface area (Å²) in [7, 11) is 0. The summed E-state index contributed by atoms with van der Waals surface area (Å²) >= 11 is 0. The van der Waals surface area contributed by atoms with Gasteiger partial charge in [-0.1, -0.05) is 0 Å². The molecule has 2 N–H and O–H groups in total. The molecule has 2 rings (SSSR count). The Morgan fingerprint density at radius 1 is 1.53 bits per heavy atom. The van der Waals surface area contributed by atoms with E-state index in [0.29, 0.717) is 19.4 Å². The van der Waals surface area contributed by atoms with Crippen molar-refractivity contribution in [3.63, 3.8) is 0 Å². The number of β-amino-alcohol motifs (C(OH)–C–C–N with tert-alkyl or cyclic N) is 1. The number of rotatable bonds is 3. The summed E-state index contributed by atoms with van der Waals surface area (Å²) in [5, 5.41) is 29.4. The molecule has 1 aliphatic heterocycles. The number of aliphatic hydroxyl groups excluding tert-OH is 1. The number of pyridine rings is 1. The minimum Gasteiger partial charge on any atom is -0.477 e. The number of carboxylic acids is 1. The van der Waals surface area contributed by atoms with Crippen molar-refractivity contribution in [3.8, 4) is 0 Å². The van der Waals surface area contributed by atoms with Crippen molar-refractivity contribution >= 4 is 17.5 Å². The van der Waals surface area contributed by atoms with E-state index in [-0.39, 0.29) is 23.7 Å². The van der Waals surface area contributed by atoms with Crippen LogP contribution in [0.15, 0.2) is 12.1 Å². The third-order valence-electron chi connectivity index (χ3n) is 2.97. The number of aliphatic hydroxyl groups is 1. The Morgan fingerprint density at radius 3 is 2.84 bits per heavy atom. The summed E-state index contributed by atoms with van der Waals surface area (Å²) in [6.45, 7) is 0.727. The standard InChI is InChI=1S/C11H13N3O5/c15-7-2-1-5-13(6-7)10-9(14(18)19)4-3-8(12-10)11(16)17/h3-4,7,15H,1-2,5-6H2,(H,16,17). The van der Waals surface area contributed by atoms with E-state index in [9.17, 15) is 20.0 Å². The summed E-state index contributed by atoms with van der Waals surface area (Å²) in [6.07, 6.45) is 0.726. The molecule has 19 heavy (non-hydrogen) atoms. The Kier molecular flexibility index (Phi) is 3.61. The molecule has 0 aliphatic carbocycles. The van der Waals surface area contributed by atoms with E-state index in [4.69, 9.17) is 5.11 Å². The second kappa shape index (κ2) is 5.19. The molecule has 1 fully saturated rings. The van der Waals surface area contributed by atoms with Gasteiger partial charge in [-0.25, -0.2) is 9.78 Å². The minimum atomic E-state index is -1.24. The van der Waals surface area contributed by atoms with E-state index < -0.39 is 17.0 Å². The van der Waals surface area contributed by atoms with Crippen molar-refractivity contribution in [2.45, 2.75) is 18.9 Å². The molecule has 1 atom stereocenters. The van der Waals surface area contributed by atoms with Crippen LogP contribution in [-0.4, -0.2) is 45.3 Å². The first-order valence-electron chi connectivity index (χ1n) is 5.81. The van der Waals surface area contributed by atoms with Crippen LogP contribution in [0.1, 0.15) is 23.3 Å². The summed E-state index contributed by atoms with van der Waals surface area (Å²) in [4.78, 5) is 26.6. The van der Waals surface area contributed by atoms with Gasteiger partial charge in [-0.2, -0.15) is 0 Å². The largest absolute Gasteiger partial charge is 0.477 e. The van der Waals surface area contributed by atoms with Crippen molar-refractivity contribution in [2.24, 2.45) is 0 Å². The fourth-order valence-corrected chi connectivity index (χ4v) is 2.08. The van der Waals surface area contributed by atoms with Gasteiger partial charge >= 0.3 is 11.7 Å². The number of piperidine rings is 1. The van der Waals surface area contributed by atoms with Crippen LogP contribution in [0.4, 0.5) is 11.5 Å². The Balaban J connectivity index is 2.42. The maximum atomic E-state index is 11.0. The van der Waals surface area contributed by atoms with E-state index in [1.165, 1.54) is 0 Å². The van der Waals surface area contributed by atoms with Gasteiger partial charge in [0.25, 0.3) is 0 Å². The second-order valence-electron chi connectivity index (χ2n) is 4.34. The van der Waals surface area contributed by atoms with Gasteiger partial charge in [0, 0.05) is 19.2 Å². The van der Waals surface area contributed by atoms with E-state index in [0.717, 1.165) is 12.1 Å². The Morgan fingerprint density at radius 2 is 2.26 bits per heavy atom. The first-order valence-corrected chi connectivity index (χ1v) is 5.81. The van der Waals surface area contributed by atoms with E-state index in [1.54, 1.807) is 4.90 Å². The number of anilines is 1. The lowest BCUT2D eigenvalue weighted by Gasteiger charge is -2.30. The number of hydrogen-bond donors (Lipinski definition) is 2. The molecule has 0 saturated carbocycles. The molecule has 1 aromatic rings. The van der Waals surface area contributed by atoms with Crippen LogP contribution in [0.5, 0.6) is 0 Å². The predicted octanol–water partition coefficient (Wildman–Crippen LogP) is 0.649. The highest BCUT2D eigenvalue weighted by molar-refractivity contribution is 5.86. The minimum absolute atomic E-state index is 0.00338.